The Morgan fingerprint density at radius 2 is 2.03 bits per heavy atom. The maximum atomic E-state index is 12.6. The van der Waals surface area contributed by atoms with Crippen LogP contribution in [0.15, 0.2) is 42.5 Å². The number of hydrogen-bond donors (Lipinski definition) is 3. The molecule has 3 heterocycles. The summed E-state index contributed by atoms with van der Waals surface area (Å²) in [5.74, 6) is -0.0560. The van der Waals surface area contributed by atoms with E-state index in [1.54, 1.807) is 18.2 Å². The lowest BCUT2D eigenvalue weighted by atomic mass is 9.98. The van der Waals surface area contributed by atoms with Gasteiger partial charge in [0.25, 0.3) is 11.8 Å². The third-order valence-electron chi connectivity index (χ3n) is 6.06. The van der Waals surface area contributed by atoms with Crippen LogP contribution in [-0.2, 0) is 22.5 Å². The number of ether oxygens (including phenoxy) is 2. The number of carbonyl (C=O) groups is 2. The first-order valence-electron chi connectivity index (χ1n) is 10.5. The number of carbonyl (C=O) groups excluding carboxylic acids is 2. The van der Waals surface area contributed by atoms with Gasteiger partial charge in [-0.3, -0.25) is 14.5 Å². The number of rotatable bonds is 5. The molecule has 1 spiro atoms. The molecule has 0 bridgehead atoms. The van der Waals surface area contributed by atoms with Gasteiger partial charge in [-0.2, -0.15) is 0 Å². The Balaban J connectivity index is 1.15. The number of hydrogen-bond acceptors (Lipinski definition) is 6. The van der Waals surface area contributed by atoms with Crippen molar-refractivity contribution < 1.29 is 24.2 Å². The molecule has 1 atom stereocenters. The van der Waals surface area contributed by atoms with E-state index in [1.807, 2.05) is 6.07 Å². The minimum atomic E-state index is -0.949. The van der Waals surface area contributed by atoms with Gasteiger partial charge in [0, 0.05) is 31.7 Å². The van der Waals surface area contributed by atoms with Crippen molar-refractivity contribution >= 4 is 17.5 Å². The molecule has 31 heavy (non-hydrogen) atoms. The summed E-state index contributed by atoms with van der Waals surface area (Å²) in [5.41, 5.74) is 2.56. The minimum Gasteiger partial charge on any atom is -0.470 e. The fourth-order valence-electron chi connectivity index (χ4n) is 4.21. The van der Waals surface area contributed by atoms with E-state index < -0.39 is 11.7 Å². The number of fused-ring (bicyclic) bond motifs is 2. The number of aliphatic hydroxyl groups is 1. The maximum Gasteiger partial charge on any atom is 0.273 e. The zero-order valence-electron chi connectivity index (χ0n) is 17.1. The summed E-state index contributed by atoms with van der Waals surface area (Å²) in [6.45, 7) is 2.78. The molecule has 0 saturated carbocycles. The Bertz CT molecular complexity index is 1020. The van der Waals surface area contributed by atoms with Crippen molar-refractivity contribution in [1.82, 2.24) is 10.2 Å². The lowest BCUT2D eigenvalue weighted by Crippen LogP contribution is -2.64. The standard InChI is InChI=1S/C23H25N3O5/c27-18(12-26-8-7-15-3-1-2-4-17(15)11-26)10-24-21(28)16-5-6-20-19(9-16)25-22(29)23(31-20)13-30-14-23/h1-6,9,18,27H,7-8,10-14H2,(H,24,28)(H,25,29)/t18-/m0/s1. The Labute approximate surface area is 180 Å². The van der Waals surface area contributed by atoms with Crippen LogP contribution in [-0.4, -0.2) is 66.4 Å². The second-order valence-corrected chi connectivity index (χ2v) is 8.37. The van der Waals surface area contributed by atoms with Gasteiger partial charge in [-0.1, -0.05) is 24.3 Å². The molecule has 2 aromatic rings. The van der Waals surface area contributed by atoms with Crippen LogP contribution in [0.2, 0.25) is 0 Å². The summed E-state index contributed by atoms with van der Waals surface area (Å²) < 4.78 is 10.9. The number of anilines is 1. The van der Waals surface area contributed by atoms with E-state index in [0.29, 0.717) is 23.5 Å². The molecule has 8 nitrogen and oxygen atoms in total. The van der Waals surface area contributed by atoms with Crippen molar-refractivity contribution in [2.75, 3.05) is 38.2 Å². The van der Waals surface area contributed by atoms with Crippen molar-refractivity contribution in [2.45, 2.75) is 24.7 Å². The Morgan fingerprint density at radius 3 is 2.81 bits per heavy atom. The molecule has 3 aliphatic heterocycles. The number of β-amino-alcohol motifs (C(OH)–C–C–N with tert-alkyl or cyclic N) is 1. The van der Waals surface area contributed by atoms with Crippen LogP contribution in [0.1, 0.15) is 21.5 Å². The average Bonchev–Trinajstić information content (AvgIpc) is 2.75. The number of amides is 2. The molecule has 5 rings (SSSR count). The maximum absolute atomic E-state index is 12.6. The molecule has 0 unspecified atom stereocenters. The molecule has 0 aliphatic carbocycles. The minimum absolute atomic E-state index is 0.150. The number of nitrogens with one attached hydrogen (secondary N) is 2. The molecule has 0 aromatic heterocycles. The highest BCUT2D eigenvalue weighted by molar-refractivity contribution is 6.03. The van der Waals surface area contributed by atoms with Crippen molar-refractivity contribution in [3.63, 3.8) is 0 Å². The van der Waals surface area contributed by atoms with Gasteiger partial charge in [0.2, 0.25) is 5.60 Å². The average molecular weight is 423 g/mol. The van der Waals surface area contributed by atoms with Crippen LogP contribution in [0, 0.1) is 0 Å². The highest BCUT2D eigenvalue weighted by atomic mass is 16.6. The van der Waals surface area contributed by atoms with E-state index >= 15 is 0 Å². The Hall–Kier alpha value is -2.94. The van der Waals surface area contributed by atoms with Crippen LogP contribution >= 0.6 is 0 Å². The highest BCUT2D eigenvalue weighted by Crippen LogP contribution is 2.37. The number of benzene rings is 2. The van der Waals surface area contributed by atoms with Gasteiger partial charge >= 0.3 is 0 Å². The summed E-state index contributed by atoms with van der Waals surface area (Å²) in [6, 6.07) is 13.3. The van der Waals surface area contributed by atoms with Gasteiger partial charge in [-0.15, -0.1) is 0 Å². The van der Waals surface area contributed by atoms with E-state index in [-0.39, 0.29) is 31.6 Å². The monoisotopic (exact) mass is 423 g/mol. The van der Waals surface area contributed by atoms with Gasteiger partial charge in [0.15, 0.2) is 0 Å². The van der Waals surface area contributed by atoms with Crippen molar-refractivity contribution in [3.05, 3.63) is 59.2 Å². The molecule has 2 amide bonds. The van der Waals surface area contributed by atoms with E-state index in [4.69, 9.17) is 9.47 Å². The van der Waals surface area contributed by atoms with Crippen LogP contribution < -0.4 is 15.4 Å². The van der Waals surface area contributed by atoms with Gasteiger partial charge in [-0.05, 0) is 35.7 Å². The topological polar surface area (TPSA) is 100 Å². The molecule has 2 aromatic carbocycles. The number of nitrogens with zero attached hydrogens (tertiary/aromatic N) is 1. The smallest absolute Gasteiger partial charge is 0.273 e. The largest absolute Gasteiger partial charge is 0.470 e. The lowest BCUT2D eigenvalue weighted by Gasteiger charge is -2.42. The molecule has 1 saturated heterocycles. The molecule has 0 radical (unpaired) electrons. The van der Waals surface area contributed by atoms with Gasteiger partial charge in [0.1, 0.15) is 5.75 Å². The van der Waals surface area contributed by atoms with Crippen LogP contribution in [0.25, 0.3) is 0 Å². The van der Waals surface area contributed by atoms with Crippen molar-refractivity contribution in [3.8, 4) is 5.75 Å². The summed E-state index contributed by atoms with van der Waals surface area (Å²) in [6.07, 6.45) is 0.291. The third-order valence-corrected chi connectivity index (χ3v) is 6.06. The second kappa shape index (κ2) is 7.96. The molecule has 162 valence electrons. The molecule has 3 aliphatic rings. The third kappa shape index (κ3) is 3.89. The highest BCUT2D eigenvalue weighted by Gasteiger charge is 2.51. The predicted octanol–water partition coefficient (Wildman–Crippen LogP) is 0.935. The van der Waals surface area contributed by atoms with E-state index in [2.05, 4.69) is 33.7 Å². The predicted molar refractivity (Wildman–Crippen MR) is 113 cm³/mol. The first-order chi connectivity index (χ1) is 15.0. The van der Waals surface area contributed by atoms with Gasteiger partial charge < -0.3 is 25.2 Å². The summed E-state index contributed by atoms with van der Waals surface area (Å²) in [5, 5.41) is 16.0. The fraction of sp³-hybridized carbons (Fsp3) is 0.391. The SMILES string of the molecule is O=C(NC[C@H](O)CN1CCc2ccccc2C1)c1ccc2c(c1)NC(=O)C1(COC1)O2. The molecule has 3 N–H and O–H groups in total. The summed E-state index contributed by atoms with van der Waals surface area (Å²) in [4.78, 5) is 27.0. The van der Waals surface area contributed by atoms with Crippen LogP contribution in [0.4, 0.5) is 5.69 Å². The van der Waals surface area contributed by atoms with Gasteiger partial charge in [0.05, 0.1) is 25.0 Å². The normalized spacial score (nSPS) is 20.0. The van der Waals surface area contributed by atoms with Crippen molar-refractivity contribution in [1.29, 1.82) is 0 Å². The van der Waals surface area contributed by atoms with Crippen LogP contribution in [0.5, 0.6) is 5.75 Å². The fourth-order valence-corrected chi connectivity index (χ4v) is 4.21. The first-order valence-corrected chi connectivity index (χ1v) is 10.5. The summed E-state index contributed by atoms with van der Waals surface area (Å²) >= 11 is 0. The molecular formula is C23H25N3O5. The zero-order valence-corrected chi connectivity index (χ0v) is 17.1. The molecular weight excluding hydrogens is 398 g/mol. The Kier molecular flexibility index (Phi) is 5.13. The quantitative estimate of drug-likeness (QED) is 0.662. The molecule has 1 fully saturated rings. The second-order valence-electron chi connectivity index (χ2n) is 8.37. The van der Waals surface area contributed by atoms with Crippen molar-refractivity contribution in [2.24, 2.45) is 0 Å². The lowest BCUT2D eigenvalue weighted by molar-refractivity contribution is -0.178. The van der Waals surface area contributed by atoms with Crippen LogP contribution in [0.3, 0.4) is 0 Å². The molecule has 8 heteroatoms. The van der Waals surface area contributed by atoms with E-state index in [9.17, 15) is 14.7 Å². The van der Waals surface area contributed by atoms with E-state index in [0.717, 1.165) is 19.5 Å². The van der Waals surface area contributed by atoms with E-state index in [1.165, 1.54) is 11.1 Å². The van der Waals surface area contributed by atoms with Gasteiger partial charge in [-0.25, -0.2) is 0 Å². The first kappa shape index (κ1) is 20.0. The summed E-state index contributed by atoms with van der Waals surface area (Å²) in [7, 11) is 0. The zero-order chi connectivity index (χ0) is 21.4. The Morgan fingerprint density at radius 1 is 1.23 bits per heavy atom. The number of aliphatic hydroxyl groups excluding tert-OH is 1.